The summed E-state index contributed by atoms with van der Waals surface area (Å²) in [5, 5.41) is 3.32. The van der Waals surface area contributed by atoms with Gasteiger partial charge < -0.3 is 10.2 Å². The number of hydrogen-bond acceptors (Lipinski definition) is 4. The summed E-state index contributed by atoms with van der Waals surface area (Å²) in [6, 6.07) is 6.31. The minimum Gasteiger partial charge on any atom is -0.354 e. The zero-order valence-electron chi connectivity index (χ0n) is 20.4. The Morgan fingerprint density at radius 2 is 1.67 bits per heavy atom. The number of benzene rings is 2. The molecular weight excluding hydrogens is 535 g/mol. The summed E-state index contributed by atoms with van der Waals surface area (Å²) in [5.74, 6) is -3.47. The number of halogens is 4. The molecule has 0 fully saturated rings. The highest BCUT2D eigenvalue weighted by Crippen LogP contribution is 2.28. The number of nitrogens with zero attached hydrogens (tertiary/aromatic N) is 2. The fourth-order valence-electron chi connectivity index (χ4n) is 3.45. The van der Waals surface area contributed by atoms with E-state index in [-0.39, 0.29) is 34.6 Å². The molecule has 0 radical (unpaired) electrons. The number of rotatable bonds is 11. The molecule has 1 atom stereocenters. The van der Waals surface area contributed by atoms with E-state index in [2.05, 4.69) is 5.32 Å². The maximum Gasteiger partial charge on any atom is 0.244 e. The highest BCUT2D eigenvalue weighted by Gasteiger charge is 2.32. The van der Waals surface area contributed by atoms with Crippen LogP contribution < -0.4 is 9.62 Å². The third-order valence-corrected chi connectivity index (χ3v) is 7.18. The smallest absolute Gasteiger partial charge is 0.244 e. The molecule has 0 aromatic heterocycles. The molecule has 0 saturated heterocycles. The van der Waals surface area contributed by atoms with Crippen LogP contribution in [0.25, 0.3) is 0 Å². The lowest BCUT2D eigenvalue weighted by molar-refractivity contribution is -0.140. The van der Waals surface area contributed by atoms with Gasteiger partial charge in [0.15, 0.2) is 11.6 Å². The molecule has 1 N–H and O–H groups in total. The molecule has 2 aromatic carbocycles. The zero-order chi connectivity index (χ0) is 27.2. The van der Waals surface area contributed by atoms with Gasteiger partial charge in [-0.1, -0.05) is 50.0 Å². The first kappa shape index (κ1) is 29.8. The van der Waals surface area contributed by atoms with Crippen molar-refractivity contribution in [2.24, 2.45) is 5.92 Å². The molecule has 2 aromatic rings. The summed E-state index contributed by atoms with van der Waals surface area (Å²) in [5.41, 5.74) is 0.140. The van der Waals surface area contributed by atoms with E-state index in [1.54, 1.807) is 25.1 Å². The molecule has 0 heterocycles. The van der Waals surface area contributed by atoms with Crippen LogP contribution in [0.3, 0.4) is 0 Å². The van der Waals surface area contributed by atoms with E-state index in [9.17, 15) is 26.8 Å². The molecule has 7 nitrogen and oxygen atoms in total. The van der Waals surface area contributed by atoms with Crippen molar-refractivity contribution in [3.8, 4) is 0 Å². The average molecular weight is 564 g/mol. The third-order valence-electron chi connectivity index (χ3n) is 5.33. The van der Waals surface area contributed by atoms with Crippen LogP contribution in [0, 0.1) is 17.6 Å². The molecule has 0 saturated carbocycles. The summed E-state index contributed by atoms with van der Waals surface area (Å²) in [4.78, 5) is 27.8. The van der Waals surface area contributed by atoms with E-state index in [0.717, 1.165) is 18.4 Å². The van der Waals surface area contributed by atoms with Crippen LogP contribution in [0.1, 0.15) is 32.8 Å². The van der Waals surface area contributed by atoms with Gasteiger partial charge in [-0.3, -0.25) is 13.9 Å². The Bertz CT molecular complexity index is 1190. The van der Waals surface area contributed by atoms with Gasteiger partial charge in [-0.05, 0) is 36.6 Å². The number of hydrogen-bond donors (Lipinski definition) is 1. The Morgan fingerprint density at radius 3 is 2.17 bits per heavy atom. The second kappa shape index (κ2) is 12.7. The SMILES string of the molecule is CCC(C(=O)NCC(C)C)N(Cc1c(Cl)cccc1Cl)C(=O)CN(c1ccc(F)c(F)c1)S(C)(=O)=O. The van der Waals surface area contributed by atoms with E-state index in [1.807, 2.05) is 13.8 Å². The van der Waals surface area contributed by atoms with E-state index in [0.29, 0.717) is 22.5 Å². The number of carbonyl (C=O) groups is 2. The van der Waals surface area contributed by atoms with Crippen molar-refractivity contribution in [2.45, 2.75) is 39.8 Å². The number of sulfonamides is 1. The zero-order valence-corrected chi connectivity index (χ0v) is 22.7. The van der Waals surface area contributed by atoms with Gasteiger partial charge in [-0.2, -0.15) is 0 Å². The Labute approximate surface area is 220 Å². The topological polar surface area (TPSA) is 86.8 Å². The van der Waals surface area contributed by atoms with Crippen LogP contribution in [0.2, 0.25) is 10.0 Å². The molecule has 36 heavy (non-hydrogen) atoms. The number of amides is 2. The predicted molar refractivity (Wildman–Crippen MR) is 137 cm³/mol. The normalized spacial score (nSPS) is 12.4. The Hall–Kier alpha value is -2.43. The van der Waals surface area contributed by atoms with Crippen molar-refractivity contribution in [3.63, 3.8) is 0 Å². The maximum absolute atomic E-state index is 13.9. The van der Waals surface area contributed by atoms with E-state index >= 15 is 0 Å². The highest BCUT2D eigenvalue weighted by molar-refractivity contribution is 7.92. The minimum atomic E-state index is -4.10. The van der Waals surface area contributed by atoms with Gasteiger partial charge in [0.2, 0.25) is 21.8 Å². The molecule has 0 aliphatic carbocycles. The first-order chi connectivity index (χ1) is 16.8. The molecule has 12 heteroatoms. The van der Waals surface area contributed by atoms with Crippen LogP contribution in [0.5, 0.6) is 0 Å². The molecule has 1 unspecified atom stereocenters. The fourth-order valence-corrected chi connectivity index (χ4v) is 4.81. The first-order valence-electron chi connectivity index (χ1n) is 11.2. The van der Waals surface area contributed by atoms with Crippen LogP contribution in [0.15, 0.2) is 36.4 Å². The molecule has 0 bridgehead atoms. The van der Waals surface area contributed by atoms with Gasteiger partial charge >= 0.3 is 0 Å². The molecule has 198 valence electrons. The lowest BCUT2D eigenvalue weighted by atomic mass is 10.1. The monoisotopic (exact) mass is 563 g/mol. The molecule has 0 aliphatic rings. The lowest BCUT2D eigenvalue weighted by Gasteiger charge is -2.33. The van der Waals surface area contributed by atoms with E-state index in [1.165, 1.54) is 4.90 Å². The second-order valence-electron chi connectivity index (χ2n) is 8.65. The third kappa shape index (κ3) is 7.78. The van der Waals surface area contributed by atoms with Crippen molar-refractivity contribution in [2.75, 3.05) is 23.7 Å². The van der Waals surface area contributed by atoms with Crippen molar-refractivity contribution in [3.05, 3.63) is 63.6 Å². The molecule has 2 amide bonds. The predicted octanol–water partition coefficient (Wildman–Crippen LogP) is 4.62. The maximum atomic E-state index is 13.9. The molecule has 0 aliphatic heterocycles. The van der Waals surface area contributed by atoms with Gasteiger partial charge in [-0.15, -0.1) is 0 Å². The van der Waals surface area contributed by atoms with Gasteiger partial charge in [0.05, 0.1) is 11.9 Å². The molecular formula is C24H29Cl2F2N3O4S. The van der Waals surface area contributed by atoms with E-state index < -0.39 is 46.1 Å². The summed E-state index contributed by atoms with van der Waals surface area (Å²) in [6.45, 7) is 4.96. The van der Waals surface area contributed by atoms with Crippen molar-refractivity contribution in [1.82, 2.24) is 10.2 Å². The lowest BCUT2D eigenvalue weighted by Crippen LogP contribution is -2.52. The van der Waals surface area contributed by atoms with Gasteiger partial charge in [0, 0.05) is 34.8 Å². The molecule has 2 rings (SSSR count). The Morgan fingerprint density at radius 1 is 1.06 bits per heavy atom. The van der Waals surface area contributed by atoms with Crippen molar-refractivity contribution >= 4 is 50.7 Å². The van der Waals surface area contributed by atoms with Crippen LogP contribution in [0.4, 0.5) is 14.5 Å². The highest BCUT2D eigenvalue weighted by atomic mass is 35.5. The van der Waals surface area contributed by atoms with Crippen molar-refractivity contribution in [1.29, 1.82) is 0 Å². The quantitative estimate of drug-likeness (QED) is 0.432. The van der Waals surface area contributed by atoms with Crippen LogP contribution in [-0.4, -0.2) is 50.5 Å². The minimum absolute atomic E-state index is 0.155. The number of carbonyl (C=O) groups excluding carboxylic acids is 2. The second-order valence-corrected chi connectivity index (χ2v) is 11.4. The van der Waals surface area contributed by atoms with E-state index in [4.69, 9.17) is 23.2 Å². The summed E-state index contributed by atoms with van der Waals surface area (Å²) >= 11 is 12.6. The Kier molecular flexibility index (Phi) is 10.5. The first-order valence-corrected chi connectivity index (χ1v) is 13.8. The average Bonchev–Trinajstić information content (AvgIpc) is 2.78. The van der Waals surface area contributed by atoms with Crippen molar-refractivity contribution < 1.29 is 26.8 Å². The Balaban J connectivity index is 2.50. The van der Waals surface area contributed by atoms with Crippen LogP contribution >= 0.6 is 23.2 Å². The standard InChI is InChI=1S/C24H29Cl2F2N3O4S/c1-5-22(24(33)29-12-15(2)3)30(13-17-18(25)7-6-8-19(17)26)23(32)14-31(36(4,34)35)16-9-10-20(27)21(28)11-16/h6-11,15,22H,5,12-14H2,1-4H3,(H,29,33). The van der Waals surface area contributed by atoms with Gasteiger partial charge in [0.1, 0.15) is 12.6 Å². The van der Waals surface area contributed by atoms with Gasteiger partial charge in [-0.25, -0.2) is 17.2 Å². The van der Waals surface area contributed by atoms with Gasteiger partial charge in [0.25, 0.3) is 0 Å². The summed E-state index contributed by atoms with van der Waals surface area (Å²) < 4.78 is 53.0. The molecule has 0 spiro atoms. The van der Waals surface area contributed by atoms with Crippen LogP contribution in [-0.2, 0) is 26.2 Å². The number of nitrogens with one attached hydrogen (secondary N) is 1. The summed E-state index contributed by atoms with van der Waals surface area (Å²) in [6.07, 6.45) is 1.05. The number of anilines is 1. The summed E-state index contributed by atoms with van der Waals surface area (Å²) in [7, 11) is -4.10. The largest absolute Gasteiger partial charge is 0.354 e. The fraction of sp³-hybridized carbons (Fsp3) is 0.417.